The Hall–Kier alpha value is -3.21. The third-order valence-electron chi connectivity index (χ3n) is 3.60. The molecular formula is C17H12N2O3. The predicted molar refractivity (Wildman–Crippen MR) is 84.7 cm³/mol. The minimum atomic E-state index is -0.315. The predicted octanol–water partition coefficient (Wildman–Crippen LogP) is 3.57. The van der Waals surface area contributed by atoms with Crippen molar-refractivity contribution in [3.63, 3.8) is 0 Å². The van der Waals surface area contributed by atoms with E-state index in [0.29, 0.717) is 22.5 Å². The lowest BCUT2D eigenvalue weighted by atomic mass is 10.2. The van der Waals surface area contributed by atoms with Crippen LogP contribution in [0.4, 0.5) is 11.4 Å². The normalized spacial score (nSPS) is 11.3. The summed E-state index contributed by atoms with van der Waals surface area (Å²) in [6.45, 7) is 0. The first kappa shape index (κ1) is 12.5. The zero-order valence-electron chi connectivity index (χ0n) is 11.5. The molecule has 4 aromatic rings. The Balaban J connectivity index is 1.81. The molecule has 0 aliphatic heterocycles. The number of benzene rings is 2. The van der Waals surface area contributed by atoms with Crippen molar-refractivity contribution in [3.05, 3.63) is 60.1 Å². The van der Waals surface area contributed by atoms with Crippen LogP contribution in [-0.4, -0.2) is 5.78 Å². The molecular weight excluding hydrogens is 280 g/mol. The van der Waals surface area contributed by atoms with Gasteiger partial charge in [-0.3, -0.25) is 4.79 Å². The number of hydrogen-bond acceptors (Lipinski definition) is 5. The van der Waals surface area contributed by atoms with E-state index < -0.39 is 0 Å². The number of hydrogen-bond donors (Lipinski definition) is 2. The van der Waals surface area contributed by atoms with Crippen molar-refractivity contribution in [2.24, 2.45) is 0 Å². The molecule has 0 saturated carbocycles. The summed E-state index contributed by atoms with van der Waals surface area (Å²) in [6, 6.07) is 14.1. The summed E-state index contributed by atoms with van der Waals surface area (Å²) in [4.78, 5) is 12.5. The van der Waals surface area contributed by atoms with E-state index >= 15 is 0 Å². The Labute approximate surface area is 125 Å². The van der Waals surface area contributed by atoms with Gasteiger partial charge in [-0.2, -0.15) is 0 Å². The third kappa shape index (κ3) is 1.83. The van der Waals surface area contributed by atoms with Gasteiger partial charge in [-0.15, -0.1) is 0 Å². The number of carbonyl (C=O) groups is 1. The second-order valence-electron chi connectivity index (χ2n) is 5.11. The number of furan rings is 2. The van der Waals surface area contributed by atoms with Gasteiger partial charge < -0.3 is 20.3 Å². The van der Waals surface area contributed by atoms with Crippen LogP contribution in [-0.2, 0) is 0 Å². The Morgan fingerprint density at radius 1 is 0.773 bits per heavy atom. The third-order valence-corrected chi connectivity index (χ3v) is 3.60. The van der Waals surface area contributed by atoms with Crippen molar-refractivity contribution in [2.75, 3.05) is 11.5 Å². The van der Waals surface area contributed by atoms with Crippen LogP contribution in [0.1, 0.15) is 16.3 Å². The minimum absolute atomic E-state index is 0.194. The van der Waals surface area contributed by atoms with Gasteiger partial charge >= 0.3 is 0 Å². The standard InChI is InChI=1S/C17H12N2O3/c18-11-5-10-7-16(22-14(10)8-12(11)19)17(20)15-6-9-3-1-2-4-13(9)21-15/h1-8H,18-19H2. The minimum Gasteiger partial charge on any atom is -0.452 e. The van der Waals surface area contributed by atoms with Crippen LogP contribution in [0, 0.1) is 0 Å². The molecule has 0 fully saturated rings. The lowest BCUT2D eigenvalue weighted by Gasteiger charge is -1.97. The topological polar surface area (TPSA) is 95.4 Å². The molecule has 4 N–H and O–H groups in total. The molecule has 0 spiro atoms. The molecule has 22 heavy (non-hydrogen) atoms. The second-order valence-corrected chi connectivity index (χ2v) is 5.11. The number of rotatable bonds is 2. The Morgan fingerprint density at radius 3 is 2.18 bits per heavy atom. The van der Waals surface area contributed by atoms with Gasteiger partial charge in [0.2, 0.25) is 0 Å². The van der Waals surface area contributed by atoms with E-state index in [4.69, 9.17) is 20.3 Å². The number of anilines is 2. The van der Waals surface area contributed by atoms with Gasteiger partial charge in [0.15, 0.2) is 11.5 Å². The molecule has 0 aliphatic carbocycles. The van der Waals surface area contributed by atoms with E-state index in [1.807, 2.05) is 24.3 Å². The van der Waals surface area contributed by atoms with Gasteiger partial charge in [-0.25, -0.2) is 0 Å². The van der Waals surface area contributed by atoms with Crippen molar-refractivity contribution < 1.29 is 13.6 Å². The molecule has 2 heterocycles. The Bertz CT molecular complexity index is 955. The highest BCUT2D eigenvalue weighted by Crippen LogP contribution is 2.28. The van der Waals surface area contributed by atoms with Gasteiger partial charge in [-0.1, -0.05) is 18.2 Å². The maximum atomic E-state index is 12.5. The first-order valence-electron chi connectivity index (χ1n) is 6.73. The van der Waals surface area contributed by atoms with Gasteiger partial charge in [0.05, 0.1) is 11.4 Å². The molecule has 0 bridgehead atoms. The number of para-hydroxylation sites is 1. The van der Waals surface area contributed by atoms with Crippen molar-refractivity contribution in [1.82, 2.24) is 0 Å². The average Bonchev–Trinajstić information content (AvgIpc) is 3.10. The number of ketones is 1. The lowest BCUT2D eigenvalue weighted by molar-refractivity contribution is 0.0987. The molecule has 0 unspecified atom stereocenters. The first-order chi connectivity index (χ1) is 10.6. The largest absolute Gasteiger partial charge is 0.452 e. The number of nitrogen functional groups attached to an aromatic ring is 2. The fraction of sp³-hybridized carbons (Fsp3) is 0. The average molecular weight is 292 g/mol. The fourth-order valence-electron chi connectivity index (χ4n) is 2.45. The maximum absolute atomic E-state index is 12.5. The monoisotopic (exact) mass is 292 g/mol. The summed E-state index contributed by atoms with van der Waals surface area (Å²) in [6.07, 6.45) is 0. The number of nitrogens with two attached hydrogens (primary N) is 2. The molecule has 2 aromatic heterocycles. The summed E-state index contributed by atoms with van der Waals surface area (Å²) in [5.41, 5.74) is 13.6. The highest BCUT2D eigenvalue weighted by Gasteiger charge is 2.19. The lowest BCUT2D eigenvalue weighted by Crippen LogP contribution is -1.96. The van der Waals surface area contributed by atoms with Crippen LogP contribution in [0.15, 0.2) is 57.4 Å². The molecule has 5 heteroatoms. The van der Waals surface area contributed by atoms with E-state index in [-0.39, 0.29) is 17.3 Å². The molecule has 5 nitrogen and oxygen atoms in total. The van der Waals surface area contributed by atoms with Crippen molar-refractivity contribution >= 4 is 39.1 Å². The second kappa shape index (κ2) is 4.39. The highest BCUT2D eigenvalue weighted by atomic mass is 16.4. The van der Waals surface area contributed by atoms with Crippen LogP contribution >= 0.6 is 0 Å². The zero-order valence-corrected chi connectivity index (χ0v) is 11.5. The molecule has 4 rings (SSSR count). The summed E-state index contributed by atoms with van der Waals surface area (Å²) < 4.78 is 11.1. The van der Waals surface area contributed by atoms with Crippen molar-refractivity contribution in [3.8, 4) is 0 Å². The van der Waals surface area contributed by atoms with E-state index in [1.165, 1.54) is 0 Å². The molecule has 0 atom stereocenters. The molecule has 0 radical (unpaired) electrons. The summed E-state index contributed by atoms with van der Waals surface area (Å²) in [5.74, 6) is 0.116. The van der Waals surface area contributed by atoms with Crippen molar-refractivity contribution in [1.29, 1.82) is 0 Å². The number of carbonyl (C=O) groups excluding carboxylic acids is 1. The Kier molecular flexibility index (Phi) is 2.50. The first-order valence-corrected chi connectivity index (χ1v) is 6.73. The van der Waals surface area contributed by atoms with Crippen LogP contribution in [0.2, 0.25) is 0 Å². The van der Waals surface area contributed by atoms with Crippen molar-refractivity contribution in [2.45, 2.75) is 0 Å². The summed E-state index contributed by atoms with van der Waals surface area (Å²) in [7, 11) is 0. The van der Waals surface area contributed by atoms with Gasteiger partial charge in [0, 0.05) is 16.8 Å². The van der Waals surface area contributed by atoms with E-state index in [9.17, 15) is 4.79 Å². The zero-order chi connectivity index (χ0) is 15.3. The SMILES string of the molecule is Nc1cc2cc(C(=O)c3cc4ccccc4o3)oc2cc1N. The summed E-state index contributed by atoms with van der Waals surface area (Å²) >= 11 is 0. The quantitative estimate of drug-likeness (QED) is 0.435. The highest BCUT2D eigenvalue weighted by molar-refractivity contribution is 6.09. The van der Waals surface area contributed by atoms with Gasteiger partial charge in [0.25, 0.3) is 5.78 Å². The summed E-state index contributed by atoms with van der Waals surface area (Å²) in [5, 5.41) is 1.60. The van der Waals surface area contributed by atoms with E-state index in [1.54, 1.807) is 24.3 Å². The molecule has 0 aliphatic rings. The smallest absolute Gasteiger partial charge is 0.263 e. The molecule has 108 valence electrons. The van der Waals surface area contributed by atoms with E-state index in [2.05, 4.69) is 0 Å². The van der Waals surface area contributed by atoms with Crippen LogP contribution < -0.4 is 11.5 Å². The molecule has 0 saturated heterocycles. The van der Waals surface area contributed by atoms with Crippen LogP contribution in [0.25, 0.3) is 21.9 Å². The van der Waals surface area contributed by atoms with Crippen LogP contribution in [0.3, 0.4) is 0 Å². The van der Waals surface area contributed by atoms with E-state index in [0.717, 1.165) is 10.8 Å². The maximum Gasteiger partial charge on any atom is 0.263 e. The Morgan fingerprint density at radius 2 is 1.41 bits per heavy atom. The van der Waals surface area contributed by atoms with Gasteiger partial charge in [0.1, 0.15) is 11.2 Å². The fourth-order valence-corrected chi connectivity index (χ4v) is 2.45. The molecule has 0 amide bonds. The van der Waals surface area contributed by atoms with Gasteiger partial charge in [-0.05, 0) is 24.3 Å². The van der Waals surface area contributed by atoms with Crippen LogP contribution in [0.5, 0.6) is 0 Å². The molecule has 2 aromatic carbocycles. The number of fused-ring (bicyclic) bond motifs is 2.